The second-order valence-corrected chi connectivity index (χ2v) is 6.84. The second-order valence-electron chi connectivity index (χ2n) is 6.84. The molecule has 8 heteroatoms. The van der Waals surface area contributed by atoms with E-state index < -0.39 is 6.04 Å². The first kappa shape index (κ1) is 18.7. The average molecular weight is 390 g/mol. The highest BCUT2D eigenvalue weighted by Gasteiger charge is 2.34. The van der Waals surface area contributed by atoms with E-state index in [9.17, 15) is 4.79 Å². The number of hydrogen-bond donors (Lipinski definition) is 2. The van der Waals surface area contributed by atoms with Gasteiger partial charge in [-0.1, -0.05) is 29.4 Å². The fraction of sp³-hybridized carbons (Fsp3) is 0.238. The van der Waals surface area contributed by atoms with Gasteiger partial charge < -0.3 is 15.4 Å². The van der Waals surface area contributed by atoms with Crippen LogP contribution in [0.2, 0.25) is 0 Å². The Bertz CT molecular complexity index is 1090. The van der Waals surface area contributed by atoms with Crippen molar-refractivity contribution in [3.63, 3.8) is 0 Å². The molecule has 1 aliphatic heterocycles. The zero-order valence-electron chi connectivity index (χ0n) is 16.5. The molecule has 148 valence electrons. The Balaban J connectivity index is 1.75. The Labute approximate surface area is 168 Å². The molecule has 1 aliphatic rings. The van der Waals surface area contributed by atoms with Crippen molar-refractivity contribution in [1.82, 2.24) is 20.2 Å². The van der Waals surface area contributed by atoms with Crippen LogP contribution in [-0.2, 0) is 4.79 Å². The molecule has 1 unspecified atom stereocenters. The predicted octanol–water partition coefficient (Wildman–Crippen LogP) is 3.31. The van der Waals surface area contributed by atoms with E-state index in [2.05, 4.69) is 26.2 Å². The van der Waals surface area contributed by atoms with E-state index >= 15 is 0 Å². The summed E-state index contributed by atoms with van der Waals surface area (Å²) < 4.78 is 7.26. The minimum absolute atomic E-state index is 0.214. The summed E-state index contributed by atoms with van der Waals surface area (Å²) in [5.41, 5.74) is 3.91. The fourth-order valence-electron chi connectivity index (χ4n) is 3.48. The minimum atomic E-state index is -0.480. The van der Waals surface area contributed by atoms with Crippen LogP contribution < -0.4 is 15.4 Å². The van der Waals surface area contributed by atoms with Crippen molar-refractivity contribution in [3.05, 3.63) is 70.9 Å². The summed E-state index contributed by atoms with van der Waals surface area (Å²) in [4.78, 5) is 13.3. The summed E-state index contributed by atoms with van der Waals surface area (Å²) in [5, 5.41) is 18.0. The largest absolute Gasteiger partial charge is 0.494 e. The van der Waals surface area contributed by atoms with Crippen molar-refractivity contribution >= 4 is 17.5 Å². The molecule has 0 spiro atoms. The van der Waals surface area contributed by atoms with Gasteiger partial charge in [0.2, 0.25) is 5.95 Å². The summed E-state index contributed by atoms with van der Waals surface area (Å²) in [6.45, 7) is 6.32. The van der Waals surface area contributed by atoms with Gasteiger partial charge in [-0.15, -0.1) is 0 Å². The number of aryl methyl sites for hydroxylation is 1. The number of carbonyl (C=O) groups is 1. The standard InChI is InChI=1S/C21H22N6O2/c1-4-29-17-10-6-8-15(12-17)19-18(14(3)22-21-24-25-26-27(19)21)20(28)23-16-9-5-7-13(2)11-16/h5-12,19H,4H2,1-3H3,(H,23,28)(H,22,24,26). The molecule has 0 radical (unpaired) electrons. The van der Waals surface area contributed by atoms with Crippen molar-refractivity contribution in [1.29, 1.82) is 0 Å². The molecule has 0 aliphatic carbocycles. The predicted molar refractivity (Wildman–Crippen MR) is 110 cm³/mol. The van der Waals surface area contributed by atoms with Crippen LogP contribution in [0.1, 0.15) is 31.0 Å². The summed E-state index contributed by atoms with van der Waals surface area (Å²) in [6.07, 6.45) is 0. The number of allylic oxidation sites excluding steroid dienone is 1. The first-order chi connectivity index (χ1) is 14.1. The van der Waals surface area contributed by atoms with Crippen LogP contribution in [0.15, 0.2) is 59.8 Å². The number of ether oxygens (including phenoxy) is 1. The number of nitrogens with zero attached hydrogens (tertiary/aromatic N) is 4. The van der Waals surface area contributed by atoms with E-state index in [4.69, 9.17) is 4.74 Å². The Morgan fingerprint density at radius 3 is 2.83 bits per heavy atom. The highest BCUT2D eigenvalue weighted by atomic mass is 16.5. The number of aromatic nitrogens is 4. The Kier molecular flexibility index (Phi) is 4.99. The maximum absolute atomic E-state index is 13.3. The van der Waals surface area contributed by atoms with Crippen molar-refractivity contribution < 1.29 is 9.53 Å². The van der Waals surface area contributed by atoms with Crippen molar-refractivity contribution in [2.24, 2.45) is 0 Å². The van der Waals surface area contributed by atoms with Crippen molar-refractivity contribution in [3.8, 4) is 5.75 Å². The molecular weight excluding hydrogens is 368 g/mol. The maximum Gasteiger partial charge on any atom is 0.255 e. The Hall–Kier alpha value is -3.68. The Morgan fingerprint density at radius 1 is 1.21 bits per heavy atom. The van der Waals surface area contributed by atoms with Crippen molar-refractivity contribution in [2.75, 3.05) is 17.2 Å². The first-order valence-corrected chi connectivity index (χ1v) is 9.43. The lowest BCUT2D eigenvalue weighted by Crippen LogP contribution is -2.31. The number of tetrazole rings is 1. The van der Waals surface area contributed by atoms with Gasteiger partial charge in [0.15, 0.2) is 0 Å². The molecule has 0 saturated carbocycles. The molecule has 0 fully saturated rings. The number of carbonyl (C=O) groups excluding carboxylic acids is 1. The van der Waals surface area contributed by atoms with Crippen LogP contribution >= 0.6 is 0 Å². The number of benzene rings is 2. The van der Waals surface area contributed by atoms with E-state index in [1.54, 1.807) is 4.68 Å². The molecule has 29 heavy (non-hydrogen) atoms. The van der Waals surface area contributed by atoms with E-state index in [0.717, 1.165) is 22.6 Å². The number of fused-ring (bicyclic) bond motifs is 1. The fourth-order valence-corrected chi connectivity index (χ4v) is 3.48. The monoisotopic (exact) mass is 390 g/mol. The molecule has 8 nitrogen and oxygen atoms in total. The summed E-state index contributed by atoms with van der Waals surface area (Å²) in [6, 6.07) is 14.9. The smallest absolute Gasteiger partial charge is 0.255 e. The van der Waals surface area contributed by atoms with Crippen LogP contribution in [0.5, 0.6) is 5.75 Å². The van der Waals surface area contributed by atoms with E-state index in [-0.39, 0.29) is 5.91 Å². The quantitative estimate of drug-likeness (QED) is 0.694. The molecule has 0 bridgehead atoms. The van der Waals surface area contributed by atoms with Gasteiger partial charge in [-0.25, -0.2) is 0 Å². The highest BCUT2D eigenvalue weighted by Crippen LogP contribution is 2.36. The number of nitrogens with one attached hydrogen (secondary N) is 2. The molecule has 2 heterocycles. The third-order valence-electron chi connectivity index (χ3n) is 4.72. The van der Waals surface area contributed by atoms with E-state index in [0.29, 0.717) is 23.8 Å². The zero-order valence-corrected chi connectivity index (χ0v) is 16.5. The van der Waals surface area contributed by atoms with Gasteiger partial charge in [-0.3, -0.25) is 4.79 Å². The van der Waals surface area contributed by atoms with Gasteiger partial charge in [-0.2, -0.15) is 4.68 Å². The SMILES string of the molecule is CCOc1cccc(C2C(C(=O)Nc3cccc(C)c3)=C(C)Nc3nnnn32)c1. The van der Waals surface area contributed by atoms with Crippen LogP contribution in [0.3, 0.4) is 0 Å². The molecule has 2 aromatic carbocycles. The van der Waals surface area contributed by atoms with E-state index in [1.807, 2.05) is 69.3 Å². The number of hydrogen-bond acceptors (Lipinski definition) is 6. The van der Waals surface area contributed by atoms with E-state index in [1.165, 1.54) is 0 Å². The first-order valence-electron chi connectivity index (χ1n) is 9.43. The molecule has 1 amide bonds. The second kappa shape index (κ2) is 7.75. The van der Waals surface area contributed by atoms with Gasteiger partial charge in [0, 0.05) is 11.4 Å². The molecular formula is C21H22N6O2. The molecule has 1 atom stereocenters. The summed E-state index contributed by atoms with van der Waals surface area (Å²) >= 11 is 0. The topological polar surface area (TPSA) is 94.0 Å². The van der Waals surface area contributed by atoms with Crippen molar-refractivity contribution in [2.45, 2.75) is 26.8 Å². The summed E-state index contributed by atoms with van der Waals surface area (Å²) in [5.74, 6) is 1.00. The number of rotatable bonds is 5. The van der Waals surface area contributed by atoms with Gasteiger partial charge in [0.05, 0.1) is 12.2 Å². The molecule has 2 N–H and O–H groups in total. The molecule has 0 saturated heterocycles. The lowest BCUT2D eigenvalue weighted by Gasteiger charge is -2.28. The maximum atomic E-state index is 13.3. The number of amides is 1. The zero-order chi connectivity index (χ0) is 20.4. The molecule has 3 aromatic rings. The van der Waals surface area contributed by atoms with Gasteiger partial charge >= 0.3 is 0 Å². The Morgan fingerprint density at radius 2 is 2.03 bits per heavy atom. The van der Waals surface area contributed by atoms with Gasteiger partial charge in [0.25, 0.3) is 5.91 Å². The van der Waals surface area contributed by atoms with Gasteiger partial charge in [-0.05, 0) is 66.6 Å². The summed E-state index contributed by atoms with van der Waals surface area (Å²) in [7, 11) is 0. The normalized spacial score (nSPS) is 15.5. The number of anilines is 2. The van der Waals surface area contributed by atoms with Crippen LogP contribution in [0.25, 0.3) is 0 Å². The van der Waals surface area contributed by atoms with Gasteiger partial charge in [0.1, 0.15) is 11.8 Å². The molecule has 1 aromatic heterocycles. The van der Waals surface area contributed by atoms with Crippen LogP contribution in [0, 0.1) is 6.92 Å². The third-order valence-corrected chi connectivity index (χ3v) is 4.72. The third kappa shape index (κ3) is 3.69. The van der Waals surface area contributed by atoms with Crippen LogP contribution in [0.4, 0.5) is 11.6 Å². The van der Waals surface area contributed by atoms with Crippen LogP contribution in [-0.4, -0.2) is 32.7 Å². The minimum Gasteiger partial charge on any atom is -0.494 e. The average Bonchev–Trinajstić information content (AvgIpc) is 3.15. The lowest BCUT2D eigenvalue weighted by atomic mass is 9.94. The lowest BCUT2D eigenvalue weighted by molar-refractivity contribution is -0.113. The highest BCUT2D eigenvalue weighted by molar-refractivity contribution is 6.06. The molecule has 4 rings (SSSR count).